The monoisotopic (exact) mass is 521 g/mol. The van der Waals surface area contributed by atoms with E-state index in [2.05, 4.69) is 28.2 Å². The summed E-state index contributed by atoms with van der Waals surface area (Å²) in [4.78, 5) is 27.3. The predicted octanol–water partition coefficient (Wildman–Crippen LogP) is 4.70. The zero-order chi connectivity index (χ0) is 24.5. The number of nitrogens with zero attached hydrogens (tertiary/aromatic N) is 1. The summed E-state index contributed by atoms with van der Waals surface area (Å²) >= 11 is 16.3. The third-order valence-electron chi connectivity index (χ3n) is 5.65. The van der Waals surface area contributed by atoms with Crippen molar-refractivity contribution in [2.24, 2.45) is 0 Å². The van der Waals surface area contributed by atoms with Gasteiger partial charge in [0.2, 0.25) is 0 Å². The molecule has 2 N–H and O–H groups in total. The number of rotatable bonds is 10. The van der Waals surface area contributed by atoms with Gasteiger partial charge in [0.1, 0.15) is 11.9 Å². The summed E-state index contributed by atoms with van der Waals surface area (Å²) in [6.07, 6.45) is 5.18. The molecule has 0 spiro atoms. The quantitative estimate of drug-likeness (QED) is 0.183. The average molecular weight is 522 g/mol. The topological polar surface area (TPSA) is 70.7 Å². The molecule has 0 saturated carbocycles. The Bertz CT molecular complexity index is 1040. The van der Waals surface area contributed by atoms with Crippen LogP contribution in [0.15, 0.2) is 47.5 Å². The normalized spacial score (nSPS) is 15.1. The molecule has 182 valence electrons. The standard InChI is InChI=1S/C25H29Cl2N3O3S/c1-28-15-22(21-5-4-20(34)13-17(21)16-31)25(32)29-9-2-10-30-11-7-18(8-12-30)33-19-3-6-23(26)24(27)14-19/h3-6,13-16,18,28,34H,2,7-12H2,1H3,(H,29,32)/b22-15+. The van der Waals surface area contributed by atoms with Crippen LogP contribution in [0.25, 0.3) is 5.57 Å². The van der Waals surface area contributed by atoms with Crippen molar-refractivity contribution in [3.05, 3.63) is 63.8 Å². The predicted molar refractivity (Wildman–Crippen MR) is 140 cm³/mol. The molecule has 34 heavy (non-hydrogen) atoms. The number of aldehydes is 1. The maximum atomic E-state index is 12.8. The highest BCUT2D eigenvalue weighted by molar-refractivity contribution is 7.80. The van der Waals surface area contributed by atoms with Crippen LogP contribution in [-0.4, -0.2) is 56.4 Å². The summed E-state index contributed by atoms with van der Waals surface area (Å²) in [5.74, 6) is 0.515. The van der Waals surface area contributed by atoms with Gasteiger partial charge in [-0.25, -0.2) is 0 Å². The minimum absolute atomic E-state index is 0.151. The summed E-state index contributed by atoms with van der Waals surface area (Å²) < 4.78 is 6.05. The zero-order valence-corrected chi connectivity index (χ0v) is 21.4. The molecule has 1 aliphatic heterocycles. The number of likely N-dealkylation sites (tertiary alicyclic amines) is 1. The van der Waals surface area contributed by atoms with Crippen LogP contribution in [0.4, 0.5) is 0 Å². The van der Waals surface area contributed by atoms with Gasteiger partial charge in [0.05, 0.1) is 15.6 Å². The molecule has 1 amide bonds. The second-order valence-corrected chi connectivity index (χ2v) is 9.41. The van der Waals surface area contributed by atoms with E-state index in [0.29, 0.717) is 38.2 Å². The molecule has 6 nitrogen and oxygen atoms in total. The van der Waals surface area contributed by atoms with E-state index in [1.807, 2.05) is 6.07 Å². The Balaban J connectivity index is 1.42. The highest BCUT2D eigenvalue weighted by Gasteiger charge is 2.21. The number of carbonyl (C=O) groups excluding carboxylic acids is 2. The molecule has 0 bridgehead atoms. The number of benzene rings is 2. The first kappa shape index (κ1) is 26.4. The van der Waals surface area contributed by atoms with Crippen molar-refractivity contribution >= 4 is 53.6 Å². The lowest BCUT2D eigenvalue weighted by molar-refractivity contribution is -0.115. The number of amides is 1. The summed E-state index contributed by atoms with van der Waals surface area (Å²) in [7, 11) is 1.72. The molecule has 0 aliphatic carbocycles. The average Bonchev–Trinajstić information content (AvgIpc) is 2.83. The van der Waals surface area contributed by atoms with Crippen molar-refractivity contribution in [1.29, 1.82) is 0 Å². The van der Waals surface area contributed by atoms with E-state index < -0.39 is 0 Å². The molecule has 1 heterocycles. The van der Waals surface area contributed by atoms with Gasteiger partial charge in [-0.2, -0.15) is 0 Å². The molecule has 2 aromatic carbocycles. The van der Waals surface area contributed by atoms with Crippen LogP contribution < -0.4 is 15.4 Å². The Morgan fingerprint density at radius 3 is 2.62 bits per heavy atom. The van der Waals surface area contributed by atoms with E-state index in [1.165, 1.54) is 0 Å². The summed E-state index contributed by atoms with van der Waals surface area (Å²) in [5.41, 5.74) is 1.41. The number of carbonyl (C=O) groups is 2. The number of piperidine rings is 1. The molecule has 0 radical (unpaired) electrons. The molecule has 0 unspecified atom stereocenters. The number of thiol groups is 1. The van der Waals surface area contributed by atoms with Crippen molar-refractivity contribution in [2.75, 3.05) is 33.2 Å². The molecule has 1 aliphatic rings. The third-order valence-corrected chi connectivity index (χ3v) is 6.67. The minimum atomic E-state index is -0.224. The fraction of sp³-hybridized carbons (Fsp3) is 0.360. The fourth-order valence-electron chi connectivity index (χ4n) is 3.90. The van der Waals surface area contributed by atoms with Crippen molar-refractivity contribution in [3.63, 3.8) is 0 Å². The van der Waals surface area contributed by atoms with Crippen LogP contribution in [0.3, 0.4) is 0 Å². The lowest BCUT2D eigenvalue weighted by atomic mass is 10.0. The lowest BCUT2D eigenvalue weighted by Gasteiger charge is -2.32. The van der Waals surface area contributed by atoms with E-state index >= 15 is 0 Å². The van der Waals surface area contributed by atoms with Crippen LogP contribution >= 0.6 is 35.8 Å². The lowest BCUT2D eigenvalue weighted by Crippen LogP contribution is -2.39. The van der Waals surface area contributed by atoms with Gasteiger partial charge in [-0.15, -0.1) is 12.6 Å². The van der Waals surface area contributed by atoms with Gasteiger partial charge in [-0.1, -0.05) is 29.3 Å². The maximum Gasteiger partial charge on any atom is 0.253 e. The number of ether oxygens (including phenoxy) is 1. The van der Waals surface area contributed by atoms with Crippen LogP contribution in [0.2, 0.25) is 10.0 Å². The summed E-state index contributed by atoms with van der Waals surface area (Å²) in [5, 5.41) is 6.87. The molecular formula is C25H29Cl2N3O3S. The highest BCUT2D eigenvalue weighted by Crippen LogP contribution is 2.28. The van der Waals surface area contributed by atoms with E-state index in [0.717, 1.165) is 50.9 Å². The highest BCUT2D eigenvalue weighted by atomic mass is 35.5. The Labute approximate surface area is 216 Å². The third kappa shape index (κ3) is 7.40. The summed E-state index contributed by atoms with van der Waals surface area (Å²) in [6.45, 7) is 3.30. The Kier molecular flexibility index (Phi) is 10.1. The summed E-state index contributed by atoms with van der Waals surface area (Å²) in [6, 6.07) is 10.5. The molecule has 2 aromatic rings. The first-order valence-corrected chi connectivity index (χ1v) is 12.4. The van der Waals surface area contributed by atoms with Crippen molar-refractivity contribution in [2.45, 2.75) is 30.3 Å². The van der Waals surface area contributed by atoms with E-state index in [4.69, 9.17) is 27.9 Å². The van der Waals surface area contributed by atoms with E-state index in [9.17, 15) is 9.59 Å². The Hall–Kier alpha value is -2.19. The molecule has 1 fully saturated rings. The smallest absolute Gasteiger partial charge is 0.253 e. The first-order valence-electron chi connectivity index (χ1n) is 11.2. The number of hydrogen-bond donors (Lipinski definition) is 3. The molecule has 0 atom stereocenters. The second-order valence-electron chi connectivity index (χ2n) is 8.08. The largest absolute Gasteiger partial charge is 0.490 e. The number of halogens is 2. The first-order chi connectivity index (χ1) is 16.4. The van der Waals surface area contributed by atoms with Crippen LogP contribution in [0.5, 0.6) is 5.75 Å². The second kappa shape index (κ2) is 13.0. The van der Waals surface area contributed by atoms with E-state index in [-0.39, 0.29) is 12.0 Å². The van der Waals surface area contributed by atoms with Gasteiger partial charge in [0.25, 0.3) is 5.91 Å². The van der Waals surface area contributed by atoms with Gasteiger partial charge in [0, 0.05) is 49.4 Å². The van der Waals surface area contributed by atoms with Gasteiger partial charge < -0.3 is 20.3 Å². The SMILES string of the molecule is CN/C=C(/C(=O)NCCCN1CCC(Oc2ccc(Cl)c(Cl)c2)CC1)c1ccc(S)cc1C=O. The molecule has 1 saturated heterocycles. The molecule has 0 aromatic heterocycles. The minimum Gasteiger partial charge on any atom is -0.490 e. The Morgan fingerprint density at radius 1 is 1.18 bits per heavy atom. The van der Waals surface area contributed by atoms with Crippen LogP contribution in [0, 0.1) is 0 Å². The zero-order valence-electron chi connectivity index (χ0n) is 19.0. The van der Waals surface area contributed by atoms with E-state index in [1.54, 1.807) is 43.6 Å². The fourth-order valence-corrected chi connectivity index (χ4v) is 4.40. The van der Waals surface area contributed by atoms with Crippen molar-refractivity contribution < 1.29 is 14.3 Å². The molecule has 9 heteroatoms. The van der Waals surface area contributed by atoms with Gasteiger partial charge in [-0.05, 0) is 55.6 Å². The number of nitrogens with one attached hydrogen (secondary N) is 2. The van der Waals surface area contributed by atoms with Crippen LogP contribution in [0.1, 0.15) is 35.2 Å². The van der Waals surface area contributed by atoms with Crippen LogP contribution in [-0.2, 0) is 4.79 Å². The molecular weight excluding hydrogens is 493 g/mol. The van der Waals surface area contributed by atoms with Crippen molar-refractivity contribution in [3.8, 4) is 5.75 Å². The maximum absolute atomic E-state index is 12.8. The van der Waals surface area contributed by atoms with Gasteiger partial charge in [0.15, 0.2) is 6.29 Å². The van der Waals surface area contributed by atoms with Gasteiger partial charge in [-0.3, -0.25) is 9.59 Å². The van der Waals surface area contributed by atoms with Crippen molar-refractivity contribution in [1.82, 2.24) is 15.5 Å². The van der Waals surface area contributed by atoms with Gasteiger partial charge >= 0.3 is 0 Å². The Morgan fingerprint density at radius 2 is 1.94 bits per heavy atom. The molecule has 3 rings (SSSR count). The number of hydrogen-bond acceptors (Lipinski definition) is 6.